The highest BCUT2D eigenvalue weighted by molar-refractivity contribution is 7.10. The van der Waals surface area contributed by atoms with Crippen LogP contribution in [-0.2, 0) is 4.79 Å². The molecule has 1 heterocycles. The number of hydrogen-bond acceptors (Lipinski definition) is 2. The van der Waals surface area contributed by atoms with Crippen molar-refractivity contribution in [3.05, 3.63) is 58.0 Å². The Bertz CT molecular complexity index is 560. The van der Waals surface area contributed by atoms with Gasteiger partial charge in [0.15, 0.2) is 0 Å². The molecule has 1 fully saturated rings. The molecule has 2 nitrogen and oxygen atoms in total. The Morgan fingerprint density at radius 3 is 2.58 bits per heavy atom. The van der Waals surface area contributed by atoms with Gasteiger partial charge < -0.3 is 5.32 Å². The van der Waals surface area contributed by atoms with Gasteiger partial charge in [0.1, 0.15) is 5.82 Å². The SMILES string of the molecule is O=C(N[C@H](c1ccc(F)cc1)c1cccs1)C1CC1. The first kappa shape index (κ1) is 12.4. The van der Waals surface area contributed by atoms with E-state index >= 15 is 0 Å². The van der Waals surface area contributed by atoms with E-state index in [0.717, 1.165) is 23.3 Å². The van der Waals surface area contributed by atoms with Crippen LogP contribution in [0.15, 0.2) is 41.8 Å². The van der Waals surface area contributed by atoms with E-state index in [0.29, 0.717) is 0 Å². The molecule has 0 aliphatic heterocycles. The zero-order valence-electron chi connectivity index (χ0n) is 10.3. The second kappa shape index (κ2) is 5.13. The molecule has 19 heavy (non-hydrogen) atoms. The van der Waals surface area contributed by atoms with Gasteiger partial charge >= 0.3 is 0 Å². The number of hydrogen-bond donors (Lipinski definition) is 1. The minimum absolute atomic E-state index is 0.0997. The third kappa shape index (κ3) is 2.84. The highest BCUT2D eigenvalue weighted by Crippen LogP contribution is 2.32. The lowest BCUT2D eigenvalue weighted by atomic mass is 10.0. The van der Waals surface area contributed by atoms with Gasteiger partial charge in [-0.15, -0.1) is 11.3 Å². The molecule has 4 heteroatoms. The summed E-state index contributed by atoms with van der Waals surface area (Å²) >= 11 is 1.60. The maximum absolute atomic E-state index is 13.0. The molecule has 1 aliphatic carbocycles. The third-order valence-electron chi connectivity index (χ3n) is 3.27. The van der Waals surface area contributed by atoms with Crippen LogP contribution in [-0.4, -0.2) is 5.91 Å². The number of benzene rings is 1. The van der Waals surface area contributed by atoms with Crippen LogP contribution in [0.25, 0.3) is 0 Å². The molecule has 0 bridgehead atoms. The van der Waals surface area contributed by atoms with E-state index in [9.17, 15) is 9.18 Å². The fraction of sp³-hybridized carbons (Fsp3) is 0.267. The minimum atomic E-state index is -0.262. The van der Waals surface area contributed by atoms with Crippen LogP contribution in [0.3, 0.4) is 0 Å². The second-order valence-electron chi connectivity index (χ2n) is 4.78. The largest absolute Gasteiger partial charge is 0.344 e. The fourth-order valence-corrected chi connectivity index (χ4v) is 2.84. The number of amides is 1. The van der Waals surface area contributed by atoms with Crippen molar-refractivity contribution in [1.29, 1.82) is 0 Å². The molecule has 2 aromatic rings. The lowest BCUT2D eigenvalue weighted by Gasteiger charge is -2.18. The summed E-state index contributed by atoms with van der Waals surface area (Å²) in [6.45, 7) is 0. The van der Waals surface area contributed by atoms with Crippen LogP contribution in [0.5, 0.6) is 0 Å². The smallest absolute Gasteiger partial charge is 0.223 e. The molecule has 3 rings (SSSR count). The Balaban J connectivity index is 1.87. The van der Waals surface area contributed by atoms with Gasteiger partial charge in [0.25, 0.3) is 0 Å². The Morgan fingerprint density at radius 2 is 2.00 bits per heavy atom. The van der Waals surface area contributed by atoms with Gasteiger partial charge in [-0.05, 0) is 42.0 Å². The summed E-state index contributed by atoms with van der Waals surface area (Å²) in [6.07, 6.45) is 1.96. The number of carbonyl (C=O) groups is 1. The average Bonchev–Trinajstić information content (AvgIpc) is 3.13. The van der Waals surface area contributed by atoms with Crippen LogP contribution >= 0.6 is 11.3 Å². The van der Waals surface area contributed by atoms with E-state index in [2.05, 4.69) is 5.32 Å². The quantitative estimate of drug-likeness (QED) is 0.909. The highest BCUT2D eigenvalue weighted by atomic mass is 32.1. The number of rotatable bonds is 4. The van der Waals surface area contributed by atoms with E-state index in [-0.39, 0.29) is 23.7 Å². The maximum atomic E-state index is 13.0. The van der Waals surface area contributed by atoms with Gasteiger partial charge in [0.2, 0.25) is 5.91 Å². The first-order chi connectivity index (χ1) is 9.24. The fourth-order valence-electron chi connectivity index (χ4n) is 2.04. The summed E-state index contributed by atoms with van der Waals surface area (Å²) in [5, 5.41) is 5.05. The van der Waals surface area contributed by atoms with E-state index in [4.69, 9.17) is 0 Å². The maximum Gasteiger partial charge on any atom is 0.223 e. The van der Waals surface area contributed by atoms with Gasteiger partial charge in [-0.2, -0.15) is 0 Å². The Kier molecular flexibility index (Phi) is 3.34. The highest BCUT2D eigenvalue weighted by Gasteiger charge is 2.31. The topological polar surface area (TPSA) is 29.1 Å². The molecular weight excluding hydrogens is 261 g/mol. The molecule has 1 N–H and O–H groups in total. The predicted octanol–water partition coefficient (Wildman–Crippen LogP) is 3.50. The van der Waals surface area contributed by atoms with Crippen molar-refractivity contribution in [1.82, 2.24) is 5.32 Å². The van der Waals surface area contributed by atoms with E-state index in [1.807, 2.05) is 17.5 Å². The van der Waals surface area contributed by atoms with Crippen LogP contribution in [0.2, 0.25) is 0 Å². The van der Waals surface area contributed by atoms with Crippen LogP contribution in [0.1, 0.15) is 29.3 Å². The first-order valence-electron chi connectivity index (χ1n) is 6.33. The minimum Gasteiger partial charge on any atom is -0.344 e. The van der Waals surface area contributed by atoms with Crippen molar-refractivity contribution in [2.24, 2.45) is 5.92 Å². The van der Waals surface area contributed by atoms with Crippen molar-refractivity contribution in [2.75, 3.05) is 0 Å². The van der Waals surface area contributed by atoms with Crippen LogP contribution < -0.4 is 5.32 Å². The Hall–Kier alpha value is -1.68. The Labute approximate surface area is 115 Å². The number of thiophene rings is 1. The average molecular weight is 275 g/mol. The van der Waals surface area contributed by atoms with E-state index in [1.54, 1.807) is 23.5 Å². The van der Waals surface area contributed by atoms with Gasteiger partial charge in [0.05, 0.1) is 6.04 Å². The molecule has 98 valence electrons. The normalized spacial score (nSPS) is 16.1. The molecule has 0 spiro atoms. The summed E-state index contributed by atoms with van der Waals surface area (Å²) in [6, 6.07) is 10.1. The molecule has 1 aliphatic rings. The molecule has 0 saturated heterocycles. The first-order valence-corrected chi connectivity index (χ1v) is 7.21. The van der Waals surface area contributed by atoms with Crippen molar-refractivity contribution in [3.63, 3.8) is 0 Å². The van der Waals surface area contributed by atoms with E-state index < -0.39 is 0 Å². The Morgan fingerprint density at radius 1 is 1.26 bits per heavy atom. The molecule has 1 saturated carbocycles. The molecule has 1 amide bonds. The van der Waals surface area contributed by atoms with Crippen molar-refractivity contribution in [2.45, 2.75) is 18.9 Å². The van der Waals surface area contributed by atoms with Crippen LogP contribution in [0.4, 0.5) is 4.39 Å². The van der Waals surface area contributed by atoms with Crippen LogP contribution in [0, 0.1) is 11.7 Å². The molecule has 0 unspecified atom stereocenters. The summed E-state index contributed by atoms with van der Waals surface area (Å²) in [5.41, 5.74) is 0.915. The standard InChI is InChI=1S/C15H14FNOS/c16-12-7-5-10(6-8-12)14(13-2-1-9-19-13)17-15(18)11-3-4-11/h1-2,5-9,11,14H,3-4H2,(H,17,18)/t14-/m1/s1. The van der Waals surface area contributed by atoms with Gasteiger partial charge in [0, 0.05) is 10.8 Å². The number of nitrogens with one attached hydrogen (secondary N) is 1. The predicted molar refractivity (Wildman–Crippen MR) is 73.4 cm³/mol. The van der Waals surface area contributed by atoms with E-state index in [1.165, 1.54) is 12.1 Å². The summed E-state index contributed by atoms with van der Waals surface area (Å²) in [5.74, 6) is 0.00725. The molecule has 0 radical (unpaired) electrons. The third-order valence-corrected chi connectivity index (χ3v) is 4.20. The lowest BCUT2D eigenvalue weighted by molar-refractivity contribution is -0.122. The molecular formula is C15H14FNOS. The zero-order chi connectivity index (χ0) is 13.2. The van der Waals surface area contributed by atoms with Gasteiger partial charge in [-0.3, -0.25) is 4.79 Å². The molecule has 1 atom stereocenters. The second-order valence-corrected chi connectivity index (χ2v) is 5.76. The number of halogens is 1. The molecule has 1 aromatic heterocycles. The van der Waals surface area contributed by atoms with Crippen molar-refractivity contribution in [3.8, 4) is 0 Å². The summed E-state index contributed by atoms with van der Waals surface area (Å²) in [4.78, 5) is 13.0. The molecule has 1 aromatic carbocycles. The van der Waals surface area contributed by atoms with Gasteiger partial charge in [-0.1, -0.05) is 18.2 Å². The summed E-state index contributed by atoms with van der Waals surface area (Å²) in [7, 11) is 0. The monoisotopic (exact) mass is 275 g/mol. The van der Waals surface area contributed by atoms with Gasteiger partial charge in [-0.25, -0.2) is 4.39 Å². The lowest BCUT2D eigenvalue weighted by Crippen LogP contribution is -2.29. The number of carbonyl (C=O) groups excluding carboxylic acids is 1. The van der Waals surface area contributed by atoms with Crippen molar-refractivity contribution < 1.29 is 9.18 Å². The zero-order valence-corrected chi connectivity index (χ0v) is 11.1. The summed E-state index contributed by atoms with van der Waals surface area (Å²) < 4.78 is 13.0. The van der Waals surface area contributed by atoms with Crippen molar-refractivity contribution >= 4 is 17.2 Å².